The van der Waals surface area contributed by atoms with Crippen LogP contribution in [0.4, 0.5) is 0 Å². The number of methoxy groups -OCH3 is 1. The number of furan rings is 1. The molecule has 1 rings (SSSR count). The van der Waals surface area contributed by atoms with Gasteiger partial charge in [-0.05, 0) is 103 Å². The van der Waals surface area contributed by atoms with Crippen LogP contribution in [0.15, 0.2) is 81.8 Å². The van der Waals surface area contributed by atoms with Gasteiger partial charge in [-0.25, -0.2) is 9.59 Å². The van der Waals surface area contributed by atoms with Gasteiger partial charge in [0.15, 0.2) is 0 Å². The minimum absolute atomic E-state index is 0.260. The predicted molar refractivity (Wildman–Crippen MR) is 147 cm³/mol. The lowest BCUT2D eigenvalue weighted by atomic mass is 9.89. The normalized spacial score (nSPS) is 13.3. The summed E-state index contributed by atoms with van der Waals surface area (Å²) in [6.45, 7) is 12.3. The summed E-state index contributed by atoms with van der Waals surface area (Å²) in [6.07, 6.45) is 18.2. The molecule has 0 aliphatic carbocycles. The molecule has 1 heterocycles. The average molecular weight is 497 g/mol. The van der Waals surface area contributed by atoms with Crippen LogP contribution in [-0.2, 0) is 20.7 Å². The van der Waals surface area contributed by atoms with E-state index in [-0.39, 0.29) is 11.9 Å². The smallest absolute Gasteiger partial charge is 0.333 e. The minimum Gasteiger partial charge on any atom is -0.478 e. The number of esters is 1. The molecule has 0 aliphatic rings. The molecule has 0 aromatic carbocycles. The van der Waals surface area contributed by atoms with E-state index in [4.69, 9.17) is 9.15 Å². The number of aliphatic carboxylic acids is 1. The van der Waals surface area contributed by atoms with E-state index in [0.29, 0.717) is 30.4 Å². The fourth-order valence-corrected chi connectivity index (χ4v) is 3.89. The summed E-state index contributed by atoms with van der Waals surface area (Å²) in [5.41, 5.74) is 5.81. The van der Waals surface area contributed by atoms with Gasteiger partial charge in [-0.15, -0.1) is 0 Å². The molecule has 1 atom stereocenters. The summed E-state index contributed by atoms with van der Waals surface area (Å²) in [7, 11) is 1.42. The highest BCUT2D eigenvalue weighted by Gasteiger charge is 2.14. The first-order valence-electron chi connectivity index (χ1n) is 12.8. The van der Waals surface area contributed by atoms with Gasteiger partial charge in [0, 0.05) is 11.1 Å². The van der Waals surface area contributed by atoms with Gasteiger partial charge in [0.05, 0.1) is 19.6 Å². The van der Waals surface area contributed by atoms with Crippen molar-refractivity contribution >= 4 is 11.9 Å². The van der Waals surface area contributed by atoms with Crippen molar-refractivity contribution in [1.29, 1.82) is 0 Å². The molecule has 0 amide bonds. The van der Waals surface area contributed by atoms with E-state index in [1.165, 1.54) is 18.3 Å². The molecule has 0 saturated heterocycles. The lowest BCUT2D eigenvalue weighted by molar-refractivity contribution is -0.136. The Morgan fingerprint density at radius 1 is 1.00 bits per heavy atom. The number of carboxylic acids is 1. The van der Waals surface area contributed by atoms with Crippen molar-refractivity contribution in [1.82, 2.24) is 0 Å². The van der Waals surface area contributed by atoms with E-state index in [0.717, 1.165) is 49.7 Å². The van der Waals surface area contributed by atoms with E-state index in [9.17, 15) is 14.7 Å². The summed E-state index contributed by atoms with van der Waals surface area (Å²) in [5, 5.41) is 9.45. The molecule has 0 unspecified atom stereocenters. The molecule has 5 heteroatoms. The van der Waals surface area contributed by atoms with Gasteiger partial charge in [-0.1, -0.05) is 47.6 Å². The molecule has 0 saturated carbocycles. The van der Waals surface area contributed by atoms with Crippen molar-refractivity contribution in [2.45, 2.75) is 85.5 Å². The quantitative estimate of drug-likeness (QED) is 0.134. The van der Waals surface area contributed by atoms with Gasteiger partial charge in [0.1, 0.15) is 0 Å². The number of carbonyl (C=O) groups is 2. The van der Waals surface area contributed by atoms with Crippen LogP contribution in [0.25, 0.3) is 0 Å². The molecular formula is C31H44O5. The molecule has 1 aromatic heterocycles. The van der Waals surface area contributed by atoms with Crippen LogP contribution in [0.2, 0.25) is 0 Å². The minimum atomic E-state index is -0.833. The topological polar surface area (TPSA) is 76.7 Å². The molecule has 0 bridgehead atoms. The highest BCUT2D eigenvalue weighted by atomic mass is 16.5. The van der Waals surface area contributed by atoms with Crippen molar-refractivity contribution in [2.75, 3.05) is 7.11 Å². The first kappa shape index (κ1) is 31.0. The van der Waals surface area contributed by atoms with E-state index in [2.05, 4.69) is 25.7 Å². The number of allylic oxidation sites excluding steroid dienone is 7. The van der Waals surface area contributed by atoms with Crippen LogP contribution < -0.4 is 0 Å². The van der Waals surface area contributed by atoms with Gasteiger partial charge < -0.3 is 14.3 Å². The van der Waals surface area contributed by atoms with Crippen LogP contribution in [0, 0.1) is 5.92 Å². The average Bonchev–Trinajstić information content (AvgIpc) is 3.34. The first-order valence-corrected chi connectivity index (χ1v) is 12.8. The van der Waals surface area contributed by atoms with Gasteiger partial charge in [-0.3, -0.25) is 0 Å². The molecule has 1 aromatic rings. The van der Waals surface area contributed by atoms with E-state index in [1.807, 2.05) is 39.0 Å². The van der Waals surface area contributed by atoms with E-state index in [1.54, 1.807) is 12.5 Å². The van der Waals surface area contributed by atoms with E-state index < -0.39 is 5.97 Å². The molecule has 0 fully saturated rings. The van der Waals surface area contributed by atoms with Crippen LogP contribution in [-0.4, -0.2) is 24.2 Å². The SMILES string of the molecule is C=C(C)[C@H](C/C=C(\C)CC/C=C(\CCC=C(C)C)C(=O)O)CC/C(=C/CCc1ccoc1)C(=O)OC. The van der Waals surface area contributed by atoms with Crippen molar-refractivity contribution in [3.8, 4) is 0 Å². The molecule has 0 aliphatic heterocycles. The maximum absolute atomic E-state index is 12.3. The third kappa shape index (κ3) is 13.1. The number of hydrogen-bond donors (Lipinski definition) is 1. The molecule has 36 heavy (non-hydrogen) atoms. The van der Waals surface area contributed by atoms with Crippen LogP contribution >= 0.6 is 0 Å². The van der Waals surface area contributed by atoms with Crippen molar-refractivity contribution in [3.05, 3.63) is 82.9 Å². The molecule has 0 spiro atoms. The summed E-state index contributed by atoms with van der Waals surface area (Å²) in [4.78, 5) is 23.8. The second kappa shape index (κ2) is 17.4. The number of hydrogen-bond acceptors (Lipinski definition) is 4. The highest BCUT2D eigenvalue weighted by molar-refractivity contribution is 5.88. The van der Waals surface area contributed by atoms with Crippen molar-refractivity contribution in [3.63, 3.8) is 0 Å². The number of aryl methyl sites for hydroxylation is 1. The number of carboxylic acid groups (broad SMARTS) is 1. The van der Waals surface area contributed by atoms with Crippen LogP contribution in [0.5, 0.6) is 0 Å². The summed E-state index contributed by atoms with van der Waals surface area (Å²) < 4.78 is 10.1. The fraction of sp³-hybridized carbons (Fsp3) is 0.484. The largest absolute Gasteiger partial charge is 0.478 e. The summed E-state index contributed by atoms with van der Waals surface area (Å²) >= 11 is 0. The second-order valence-electron chi connectivity index (χ2n) is 9.65. The zero-order valence-electron chi connectivity index (χ0n) is 22.8. The maximum Gasteiger partial charge on any atom is 0.333 e. The predicted octanol–water partition coefficient (Wildman–Crippen LogP) is 8.16. The standard InChI is InChI=1S/C31H44O5/c1-23(2)10-7-13-28(30(32)33)14-8-11-25(5)16-17-27(24(3)4)18-19-29(31(34)35-6)15-9-12-26-20-21-36-22-26/h10,14-16,20-22,27H,3,7-9,11-13,17-19H2,1-2,4-6H3,(H,32,33)/b25-16+,28-14+,29-15-/t27-/m1/s1. The Labute approximate surface area is 217 Å². The van der Waals surface area contributed by atoms with Gasteiger partial charge in [-0.2, -0.15) is 0 Å². The Kier molecular flexibility index (Phi) is 14.9. The summed E-state index contributed by atoms with van der Waals surface area (Å²) in [5.74, 6) is -0.851. The Hall–Kier alpha value is -3.08. The molecule has 198 valence electrons. The zero-order chi connectivity index (χ0) is 26.9. The van der Waals surface area contributed by atoms with Gasteiger partial charge >= 0.3 is 11.9 Å². The maximum atomic E-state index is 12.3. The highest BCUT2D eigenvalue weighted by Crippen LogP contribution is 2.25. The van der Waals surface area contributed by atoms with Gasteiger partial charge in [0.2, 0.25) is 0 Å². The van der Waals surface area contributed by atoms with Crippen LogP contribution in [0.1, 0.15) is 84.6 Å². The molecule has 1 N–H and O–H groups in total. The second-order valence-corrected chi connectivity index (χ2v) is 9.65. The zero-order valence-corrected chi connectivity index (χ0v) is 22.8. The summed E-state index contributed by atoms with van der Waals surface area (Å²) in [6, 6.07) is 1.93. The number of ether oxygens (including phenoxy) is 1. The lowest BCUT2D eigenvalue weighted by Gasteiger charge is -2.16. The molecule has 5 nitrogen and oxygen atoms in total. The van der Waals surface area contributed by atoms with Gasteiger partial charge in [0.25, 0.3) is 0 Å². The fourth-order valence-electron chi connectivity index (χ4n) is 3.89. The Morgan fingerprint density at radius 3 is 2.28 bits per heavy atom. The van der Waals surface area contributed by atoms with Crippen molar-refractivity contribution < 1.29 is 23.8 Å². The van der Waals surface area contributed by atoms with Crippen molar-refractivity contribution in [2.24, 2.45) is 5.92 Å². The Bertz CT molecular complexity index is 953. The monoisotopic (exact) mass is 496 g/mol. The molecule has 0 radical (unpaired) electrons. The third-order valence-corrected chi connectivity index (χ3v) is 6.23. The lowest BCUT2D eigenvalue weighted by Crippen LogP contribution is -2.08. The van der Waals surface area contributed by atoms with E-state index >= 15 is 0 Å². The number of rotatable bonds is 17. The Balaban J connectivity index is 2.65. The third-order valence-electron chi connectivity index (χ3n) is 6.23. The number of carbonyl (C=O) groups excluding carboxylic acids is 1. The molecular weight excluding hydrogens is 452 g/mol. The van der Waals surface area contributed by atoms with Crippen LogP contribution in [0.3, 0.4) is 0 Å². The first-order chi connectivity index (χ1) is 17.1. The Morgan fingerprint density at radius 2 is 1.69 bits per heavy atom.